The lowest BCUT2D eigenvalue weighted by Crippen LogP contribution is -2.33. The second-order valence-corrected chi connectivity index (χ2v) is 12.4. The van der Waals surface area contributed by atoms with Crippen LogP contribution in [-0.4, -0.2) is 74.5 Å². The summed E-state index contributed by atoms with van der Waals surface area (Å²) in [5.74, 6) is 0.101. The van der Waals surface area contributed by atoms with Crippen LogP contribution in [0.25, 0.3) is 11.0 Å². The van der Waals surface area contributed by atoms with Crippen molar-refractivity contribution in [3.63, 3.8) is 0 Å². The van der Waals surface area contributed by atoms with E-state index < -0.39 is 54.6 Å². The average Bonchev–Trinajstić information content (AvgIpc) is 3.29. The van der Waals surface area contributed by atoms with Crippen LogP contribution in [0.2, 0.25) is 0 Å². The van der Waals surface area contributed by atoms with Gasteiger partial charge in [0.05, 0.1) is 17.7 Å². The molecule has 0 bridgehead atoms. The van der Waals surface area contributed by atoms with Crippen molar-refractivity contribution in [3.05, 3.63) is 47.9 Å². The van der Waals surface area contributed by atoms with E-state index in [2.05, 4.69) is 28.2 Å². The molecule has 6 atom stereocenters. The van der Waals surface area contributed by atoms with Crippen molar-refractivity contribution in [1.82, 2.24) is 19.7 Å². The van der Waals surface area contributed by atoms with Gasteiger partial charge in [-0.3, -0.25) is 4.52 Å². The van der Waals surface area contributed by atoms with Gasteiger partial charge in [0.25, 0.3) is 0 Å². The Labute approximate surface area is 213 Å². The molecule has 1 aliphatic rings. The number of fused-ring (bicyclic) bond motifs is 1. The molecule has 38 heavy (non-hydrogen) atoms. The van der Waals surface area contributed by atoms with Gasteiger partial charge in [-0.25, -0.2) is 28.3 Å². The summed E-state index contributed by atoms with van der Waals surface area (Å²) >= 11 is 0. The number of aliphatic hydroxyl groups excluding tert-OH is 2. The fourth-order valence-corrected chi connectivity index (χ4v) is 6.73. The van der Waals surface area contributed by atoms with E-state index in [1.807, 2.05) is 30.3 Å². The summed E-state index contributed by atoms with van der Waals surface area (Å²) in [6.45, 7) is -0.981. The molecule has 0 saturated carbocycles. The van der Waals surface area contributed by atoms with Gasteiger partial charge in [-0.2, -0.15) is 13.7 Å². The number of hydrogen-bond acceptors (Lipinski definition) is 13. The highest BCUT2D eigenvalue weighted by atomic mass is 31.3. The molecular formula is C17H22N5O13P3. The minimum absolute atomic E-state index is 0.101. The lowest BCUT2D eigenvalue weighted by Gasteiger charge is -2.19. The van der Waals surface area contributed by atoms with Crippen LogP contribution >= 0.6 is 23.5 Å². The standard InChI is InChI=1S/C17H22N5O13P3/c18-15-12-10(6-9-4-2-1-3-5-9)21-22(16(12)20-8-19-15)17-14(24)13(23)11(33-17)7-32-37(28,29)35-38(30,31)34-36(25,26)27/h1-5,8,11,13-14,17,23-24H,6-7H2,(H,28,29)(H,30,31)(H2,18,19,20)(H2,25,26,27)/t11-,13-,14-,17-/m1/s1. The largest absolute Gasteiger partial charge is 0.490 e. The zero-order chi connectivity index (χ0) is 27.9. The molecule has 0 radical (unpaired) electrons. The third-order valence-corrected chi connectivity index (χ3v) is 9.00. The maximum atomic E-state index is 12.0. The van der Waals surface area contributed by atoms with Crippen molar-refractivity contribution >= 4 is 40.3 Å². The number of phosphoric ester groups is 1. The molecule has 4 rings (SSSR count). The second kappa shape index (κ2) is 10.8. The highest BCUT2D eigenvalue weighted by Crippen LogP contribution is 2.66. The van der Waals surface area contributed by atoms with E-state index in [-0.39, 0.29) is 11.5 Å². The second-order valence-electron chi connectivity index (χ2n) is 7.94. The Morgan fingerprint density at radius 2 is 1.66 bits per heavy atom. The molecule has 1 aliphatic heterocycles. The number of aromatic nitrogens is 4. The molecule has 0 spiro atoms. The van der Waals surface area contributed by atoms with Crippen molar-refractivity contribution in [2.75, 3.05) is 12.3 Å². The van der Waals surface area contributed by atoms with Gasteiger partial charge in [0.15, 0.2) is 11.9 Å². The van der Waals surface area contributed by atoms with Crippen LogP contribution in [0.15, 0.2) is 36.7 Å². The van der Waals surface area contributed by atoms with Crippen LogP contribution in [-0.2, 0) is 38.0 Å². The Kier molecular flexibility index (Phi) is 8.19. The molecule has 0 aliphatic carbocycles. The summed E-state index contributed by atoms with van der Waals surface area (Å²) in [6, 6.07) is 9.21. The summed E-state index contributed by atoms with van der Waals surface area (Å²) in [5.41, 5.74) is 7.52. The van der Waals surface area contributed by atoms with Crippen molar-refractivity contribution in [3.8, 4) is 0 Å². The van der Waals surface area contributed by atoms with Gasteiger partial charge < -0.3 is 40.3 Å². The zero-order valence-electron chi connectivity index (χ0n) is 18.9. The monoisotopic (exact) mass is 597 g/mol. The summed E-state index contributed by atoms with van der Waals surface area (Å²) in [4.78, 5) is 44.2. The Bertz CT molecular complexity index is 1450. The molecule has 1 saturated heterocycles. The van der Waals surface area contributed by atoms with E-state index in [4.69, 9.17) is 20.3 Å². The number of aliphatic hydroxyl groups is 2. The minimum atomic E-state index is -5.74. The van der Waals surface area contributed by atoms with Crippen LogP contribution in [0, 0.1) is 0 Å². The number of phosphoric acid groups is 3. The Balaban J connectivity index is 1.53. The summed E-state index contributed by atoms with van der Waals surface area (Å²) in [5, 5.41) is 25.9. The lowest BCUT2D eigenvalue weighted by molar-refractivity contribution is -0.0559. The van der Waals surface area contributed by atoms with Crippen LogP contribution in [0.5, 0.6) is 0 Å². The van der Waals surface area contributed by atoms with Crippen molar-refractivity contribution in [2.45, 2.75) is 31.0 Å². The SMILES string of the molecule is Nc1ncnc2c1c(Cc1ccccc1)nn2[C@@H]1O[C@H](COP(=O)(O)OP(=O)(O)OP(=O)(O)O)[C@@H](O)[C@H]1O. The summed E-state index contributed by atoms with van der Waals surface area (Å²) in [7, 11) is -16.8. The van der Waals surface area contributed by atoms with Gasteiger partial charge in [-0.15, -0.1) is 0 Å². The fraction of sp³-hybridized carbons (Fsp3) is 0.353. The highest BCUT2D eigenvalue weighted by Gasteiger charge is 2.47. The molecule has 2 unspecified atom stereocenters. The van der Waals surface area contributed by atoms with Gasteiger partial charge >= 0.3 is 23.5 Å². The average molecular weight is 597 g/mol. The van der Waals surface area contributed by atoms with Gasteiger partial charge in [0.1, 0.15) is 30.5 Å². The summed E-state index contributed by atoms with van der Waals surface area (Å²) in [6.07, 6.45) is -4.80. The normalized spacial score (nSPS) is 25.3. The number of nitrogens with two attached hydrogens (primary N) is 1. The number of ether oxygens (including phenoxy) is 1. The number of benzene rings is 1. The van der Waals surface area contributed by atoms with E-state index >= 15 is 0 Å². The number of nitrogens with zero attached hydrogens (tertiary/aromatic N) is 4. The first-order valence-corrected chi connectivity index (χ1v) is 15.0. The molecule has 3 heterocycles. The number of anilines is 1. The highest BCUT2D eigenvalue weighted by molar-refractivity contribution is 7.66. The third kappa shape index (κ3) is 6.70. The van der Waals surface area contributed by atoms with Gasteiger partial charge in [0.2, 0.25) is 0 Å². The van der Waals surface area contributed by atoms with E-state index in [1.165, 1.54) is 0 Å². The number of nitrogen functional groups attached to an aromatic ring is 1. The molecule has 2 aromatic heterocycles. The van der Waals surface area contributed by atoms with Crippen LogP contribution < -0.4 is 5.73 Å². The minimum Gasteiger partial charge on any atom is -0.387 e. The lowest BCUT2D eigenvalue weighted by atomic mass is 10.1. The zero-order valence-corrected chi connectivity index (χ0v) is 21.6. The quantitative estimate of drug-likeness (QED) is 0.151. The maximum Gasteiger partial charge on any atom is 0.490 e. The van der Waals surface area contributed by atoms with Gasteiger partial charge in [0, 0.05) is 6.42 Å². The van der Waals surface area contributed by atoms with E-state index in [1.54, 1.807) is 0 Å². The van der Waals surface area contributed by atoms with E-state index in [0.717, 1.165) is 16.6 Å². The van der Waals surface area contributed by atoms with Crippen molar-refractivity contribution < 1.29 is 61.4 Å². The Hall–Kier alpha value is -2.14. The van der Waals surface area contributed by atoms with E-state index in [0.29, 0.717) is 17.5 Å². The first kappa shape index (κ1) is 28.9. The molecule has 208 valence electrons. The first-order chi connectivity index (χ1) is 17.7. The first-order valence-electron chi connectivity index (χ1n) is 10.5. The van der Waals surface area contributed by atoms with Gasteiger partial charge in [-0.05, 0) is 5.56 Å². The molecule has 1 aromatic carbocycles. The molecule has 18 nitrogen and oxygen atoms in total. The Morgan fingerprint density at radius 1 is 0.974 bits per heavy atom. The predicted octanol–water partition coefficient (Wildman–Crippen LogP) is -0.0382. The molecule has 3 aromatic rings. The van der Waals surface area contributed by atoms with Crippen molar-refractivity contribution in [2.24, 2.45) is 0 Å². The topological polar surface area (TPSA) is 279 Å². The van der Waals surface area contributed by atoms with Crippen molar-refractivity contribution in [1.29, 1.82) is 0 Å². The van der Waals surface area contributed by atoms with Crippen LogP contribution in [0.4, 0.5) is 5.82 Å². The molecule has 1 fully saturated rings. The van der Waals surface area contributed by atoms with Gasteiger partial charge in [-0.1, -0.05) is 30.3 Å². The van der Waals surface area contributed by atoms with E-state index in [9.17, 15) is 33.7 Å². The molecular weight excluding hydrogens is 575 g/mol. The third-order valence-electron chi connectivity index (χ3n) is 5.20. The molecule has 0 amide bonds. The number of hydrogen-bond donors (Lipinski definition) is 7. The fourth-order valence-electron chi connectivity index (χ4n) is 3.70. The van der Waals surface area contributed by atoms with Crippen LogP contribution in [0.1, 0.15) is 17.5 Å². The smallest absolute Gasteiger partial charge is 0.387 e. The number of rotatable bonds is 10. The maximum absolute atomic E-state index is 12.0. The summed E-state index contributed by atoms with van der Waals surface area (Å²) < 4.78 is 52.7. The molecule has 21 heteroatoms. The Morgan fingerprint density at radius 3 is 2.32 bits per heavy atom. The predicted molar refractivity (Wildman–Crippen MR) is 125 cm³/mol. The van der Waals surface area contributed by atoms with Crippen LogP contribution in [0.3, 0.4) is 0 Å². The molecule has 8 N–H and O–H groups in total.